The van der Waals surface area contributed by atoms with Crippen LogP contribution in [0.2, 0.25) is 5.02 Å². The fraction of sp³-hybridized carbons (Fsp3) is 0.440. The van der Waals surface area contributed by atoms with Gasteiger partial charge in [0.15, 0.2) is 0 Å². The molecule has 0 atom stereocenters. The Kier molecular flexibility index (Phi) is 6.61. The molecule has 4 nitrogen and oxygen atoms in total. The molecule has 0 spiro atoms. The largest absolute Gasteiger partial charge is 0.356 e. The van der Waals surface area contributed by atoms with Crippen LogP contribution in [0, 0.1) is 11.7 Å². The number of halogens is 2. The lowest BCUT2D eigenvalue weighted by molar-refractivity contribution is -0.144. The Balaban J connectivity index is 1.29. The molecule has 0 unspecified atom stereocenters. The molecule has 1 N–H and O–H groups in total. The summed E-state index contributed by atoms with van der Waals surface area (Å²) in [7, 11) is 0. The molecular weight excluding hydrogens is 415 g/mol. The average Bonchev–Trinajstić information content (AvgIpc) is 2.74. The summed E-state index contributed by atoms with van der Waals surface area (Å²) in [6, 6.07) is 14.3. The van der Waals surface area contributed by atoms with Crippen molar-refractivity contribution in [3.8, 4) is 0 Å². The molecule has 1 saturated heterocycles. The number of rotatable bonds is 6. The predicted octanol–water partition coefficient (Wildman–Crippen LogP) is 4.50. The van der Waals surface area contributed by atoms with E-state index in [4.69, 9.17) is 11.6 Å². The first kappa shape index (κ1) is 21.8. The van der Waals surface area contributed by atoms with Crippen molar-refractivity contribution in [2.75, 3.05) is 19.6 Å². The summed E-state index contributed by atoms with van der Waals surface area (Å²) in [6.45, 7) is 1.59. The number of hydrogen-bond acceptors (Lipinski definition) is 2. The van der Waals surface area contributed by atoms with Crippen molar-refractivity contribution in [1.29, 1.82) is 0 Å². The molecule has 1 heterocycles. The van der Waals surface area contributed by atoms with Crippen LogP contribution < -0.4 is 5.32 Å². The zero-order valence-electron chi connectivity index (χ0n) is 17.6. The minimum absolute atomic E-state index is 0.00311. The van der Waals surface area contributed by atoms with Gasteiger partial charge >= 0.3 is 0 Å². The highest BCUT2D eigenvalue weighted by Gasteiger charge is 2.48. The summed E-state index contributed by atoms with van der Waals surface area (Å²) < 4.78 is 13.7. The molecule has 1 saturated carbocycles. The van der Waals surface area contributed by atoms with E-state index in [1.807, 2.05) is 29.2 Å². The maximum atomic E-state index is 13.7. The number of amides is 2. The van der Waals surface area contributed by atoms with E-state index in [2.05, 4.69) is 5.32 Å². The number of benzene rings is 2. The maximum absolute atomic E-state index is 13.7. The van der Waals surface area contributed by atoms with E-state index in [9.17, 15) is 14.0 Å². The van der Waals surface area contributed by atoms with Gasteiger partial charge in [-0.2, -0.15) is 0 Å². The standard InChI is InChI=1S/C25H28ClFN2O2/c26-21-7-3-6-20(17-21)25(12-4-13-25)24(31)29-15-10-19(11-16-29)23(30)28-14-9-18-5-1-2-8-22(18)27/h1-3,5-8,17,19H,4,9-16H2,(H,28,30). The van der Waals surface area contributed by atoms with Gasteiger partial charge in [-0.1, -0.05) is 48.4 Å². The summed E-state index contributed by atoms with van der Waals surface area (Å²) in [4.78, 5) is 27.9. The van der Waals surface area contributed by atoms with E-state index in [-0.39, 0.29) is 23.5 Å². The summed E-state index contributed by atoms with van der Waals surface area (Å²) in [5.41, 5.74) is 1.15. The summed E-state index contributed by atoms with van der Waals surface area (Å²) in [5, 5.41) is 3.59. The van der Waals surface area contributed by atoms with E-state index >= 15 is 0 Å². The van der Waals surface area contributed by atoms with Gasteiger partial charge in [-0.3, -0.25) is 9.59 Å². The SMILES string of the molecule is O=C(NCCc1ccccc1F)C1CCN(C(=O)C2(c3cccc(Cl)c3)CCC2)CC1. The second kappa shape index (κ2) is 9.39. The zero-order chi connectivity index (χ0) is 21.8. The van der Waals surface area contributed by atoms with Gasteiger partial charge in [0, 0.05) is 30.6 Å². The van der Waals surface area contributed by atoms with Gasteiger partial charge in [-0.15, -0.1) is 0 Å². The molecule has 1 aliphatic heterocycles. The molecule has 2 aromatic carbocycles. The fourth-order valence-electron chi connectivity index (χ4n) is 4.76. The number of carbonyl (C=O) groups excluding carboxylic acids is 2. The highest BCUT2D eigenvalue weighted by molar-refractivity contribution is 6.30. The Hall–Kier alpha value is -2.40. The summed E-state index contributed by atoms with van der Waals surface area (Å²) in [6.07, 6.45) is 4.52. The molecule has 2 fully saturated rings. The Labute approximate surface area is 187 Å². The molecule has 31 heavy (non-hydrogen) atoms. The van der Waals surface area contributed by atoms with Crippen molar-refractivity contribution in [1.82, 2.24) is 10.2 Å². The van der Waals surface area contributed by atoms with Gasteiger partial charge in [-0.25, -0.2) is 4.39 Å². The zero-order valence-corrected chi connectivity index (χ0v) is 18.3. The number of hydrogen-bond donors (Lipinski definition) is 1. The minimum atomic E-state index is -0.459. The molecule has 0 aromatic heterocycles. The third-order valence-electron chi connectivity index (χ3n) is 6.80. The van der Waals surface area contributed by atoms with Crippen LogP contribution in [0.3, 0.4) is 0 Å². The van der Waals surface area contributed by atoms with E-state index in [0.717, 1.165) is 24.8 Å². The lowest BCUT2D eigenvalue weighted by atomic mass is 9.63. The van der Waals surface area contributed by atoms with Crippen molar-refractivity contribution in [3.63, 3.8) is 0 Å². The van der Waals surface area contributed by atoms with Crippen molar-refractivity contribution in [2.24, 2.45) is 5.92 Å². The molecule has 164 valence electrons. The van der Waals surface area contributed by atoms with E-state index < -0.39 is 5.41 Å². The van der Waals surface area contributed by atoms with E-state index in [0.29, 0.717) is 49.5 Å². The topological polar surface area (TPSA) is 49.4 Å². The quantitative estimate of drug-likeness (QED) is 0.716. The molecular formula is C25H28ClFN2O2. The minimum Gasteiger partial charge on any atom is -0.356 e. The lowest BCUT2D eigenvalue weighted by Gasteiger charge is -2.45. The average molecular weight is 443 g/mol. The van der Waals surface area contributed by atoms with E-state index in [1.54, 1.807) is 18.2 Å². The third kappa shape index (κ3) is 4.62. The molecule has 0 radical (unpaired) electrons. The van der Waals surface area contributed by atoms with Gasteiger partial charge in [-0.05, 0) is 61.4 Å². The summed E-state index contributed by atoms with van der Waals surface area (Å²) >= 11 is 6.18. The van der Waals surface area contributed by atoms with Crippen molar-refractivity contribution in [2.45, 2.75) is 43.9 Å². The second-order valence-electron chi connectivity index (χ2n) is 8.64. The highest BCUT2D eigenvalue weighted by atomic mass is 35.5. The van der Waals surface area contributed by atoms with Crippen LogP contribution >= 0.6 is 11.6 Å². The Morgan fingerprint density at radius 2 is 1.84 bits per heavy atom. The van der Waals surface area contributed by atoms with Crippen LogP contribution in [0.5, 0.6) is 0 Å². The normalized spacial score (nSPS) is 18.3. The molecule has 2 aromatic rings. The Morgan fingerprint density at radius 1 is 1.10 bits per heavy atom. The number of nitrogens with zero attached hydrogens (tertiary/aromatic N) is 1. The highest BCUT2D eigenvalue weighted by Crippen LogP contribution is 2.46. The molecule has 0 bridgehead atoms. The van der Waals surface area contributed by atoms with Crippen molar-refractivity contribution < 1.29 is 14.0 Å². The van der Waals surface area contributed by atoms with Crippen LogP contribution in [0.15, 0.2) is 48.5 Å². The first-order chi connectivity index (χ1) is 15.0. The van der Waals surface area contributed by atoms with Crippen LogP contribution in [-0.4, -0.2) is 36.3 Å². The number of likely N-dealkylation sites (tertiary alicyclic amines) is 1. The van der Waals surface area contributed by atoms with Gasteiger partial charge in [0.05, 0.1) is 5.41 Å². The molecule has 2 aliphatic rings. The third-order valence-corrected chi connectivity index (χ3v) is 7.03. The fourth-order valence-corrected chi connectivity index (χ4v) is 4.95. The van der Waals surface area contributed by atoms with Gasteiger partial charge < -0.3 is 10.2 Å². The van der Waals surface area contributed by atoms with Crippen molar-refractivity contribution >= 4 is 23.4 Å². The van der Waals surface area contributed by atoms with Gasteiger partial charge in [0.25, 0.3) is 0 Å². The molecule has 4 rings (SSSR count). The maximum Gasteiger partial charge on any atom is 0.233 e. The van der Waals surface area contributed by atoms with Crippen LogP contribution in [0.25, 0.3) is 0 Å². The van der Waals surface area contributed by atoms with Crippen LogP contribution in [-0.2, 0) is 21.4 Å². The molecule has 2 amide bonds. The number of nitrogens with one attached hydrogen (secondary N) is 1. The number of carbonyl (C=O) groups is 2. The first-order valence-corrected chi connectivity index (χ1v) is 11.4. The molecule has 1 aliphatic carbocycles. The molecule has 6 heteroatoms. The van der Waals surface area contributed by atoms with E-state index in [1.165, 1.54) is 6.07 Å². The monoisotopic (exact) mass is 442 g/mol. The first-order valence-electron chi connectivity index (χ1n) is 11.1. The Bertz CT molecular complexity index is 952. The van der Waals surface area contributed by atoms with Crippen molar-refractivity contribution in [3.05, 3.63) is 70.5 Å². The lowest BCUT2D eigenvalue weighted by Crippen LogP contribution is -2.53. The van der Waals surface area contributed by atoms with Gasteiger partial charge in [0.1, 0.15) is 5.82 Å². The van der Waals surface area contributed by atoms with Gasteiger partial charge in [0.2, 0.25) is 11.8 Å². The smallest absolute Gasteiger partial charge is 0.233 e. The predicted molar refractivity (Wildman–Crippen MR) is 119 cm³/mol. The number of piperidine rings is 1. The summed E-state index contributed by atoms with van der Waals surface area (Å²) in [5.74, 6) is -0.183. The Morgan fingerprint density at radius 3 is 2.48 bits per heavy atom. The second-order valence-corrected chi connectivity index (χ2v) is 9.08. The van der Waals surface area contributed by atoms with Crippen LogP contribution in [0.1, 0.15) is 43.2 Å². The van der Waals surface area contributed by atoms with Crippen LogP contribution in [0.4, 0.5) is 4.39 Å².